The van der Waals surface area contributed by atoms with E-state index < -0.39 is 11.7 Å². The maximum Gasteiger partial charge on any atom is 0.416 e. The molecular formula is C21H19BF3N. The van der Waals surface area contributed by atoms with E-state index in [0.717, 1.165) is 22.4 Å². The second kappa shape index (κ2) is 7.96. The fourth-order valence-corrected chi connectivity index (χ4v) is 3.08. The molecule has 3 aromatic carbocycles. The second-order valence-corrected chi connectivity index (χ2v) is 6.30. The Morgan fingerprint density at radius 3 is 2.46 bits per heavy atom. The lowest BCUT2D eigenvalue weighted by Crippen LogP contribution is -2.23. The van der Waals surface area contributed by atoms with Gasteiger partial charge in [0.05, 0.1) is 13.4 Å². The molecule has 0 saturated carbocycles. The van der Waals surface area contributed by atoms with Gasteiger partial charge in [0, 0.05) is 0 Å². The highest BCUT2D eigenvalue weighted by molar-refractivity contribution is 6.13. The van der Waals surface area contributed by atoms with E-state index in [1.165, 1.54) is 12.1 Å². The van der Waals surface area contributed by atoms with E-state index in [9.17, 15) is 13.2 Å². The van der Waals surface area contributed by atoms with Gasteiger partial charge in [0.15, 0.2) is 0 Å². The smallest absolute Gasteiger partial charge is 0.318 e. The van der Waals surface area contributed by atoms with E-state index >= 15 is 0 Å². The molecule has 0 aliphatic heterocycles. The van der Waals surface area contributed by atoms with Gasteiger partial charge in [0.2, 0.25) is 0 Å². The summed E-state index contributed by atoms with van der Waals surface area (Å²) in [5.74, 6) is -0.317. The lowest BCUT2D eigenvalue weighted by molar-refractivity contribution is -0.137. The van der Waals surface area contributed by atoms with Crippen molar-refractivity contribution in [2.24, 2.45) is 0 Å². The van der Waals surface area contributed by atoms with Crippen molar-refractivity contribution >= 4 is 18.6 Å². The third-order valence-electron chi connectivity index (χ3n) is 4.42. The average Bonchev–Trinajstić information content (AvgIpc) is 2.64. The average molecular weight is 353 g/mol. The van der Waals surface area contributed by atoms with Crippen LogP contribution in [0.25, 0.3) is 10.8 Å². The molecule has 2 radical (unpaired) electrons. The Labute approximate surface area is 152 Å². The predicted molar refractivity (Wildman–Crippen MR) is 100 cm³/mol. The first-order chi connectivity index (χ1) is 12.4. The van der Waals surface area contributed by atoms with Gasteiger partial charge in [-0.1, -0.05) is 60.7 Å². The van der Waals surface area contributed by atoms with Gasteiger partial charge in [0.25, 0.3) is 0 Å². The molecule has 0 spiro atoms. The molecule has 1 N–H and O–H groups in total. The minimum atomic E-state index is -4.30. The standard InChI is InChI=1S/C21H19BF3N/c22-20(19-12-4-9-16-8-1-2-11-18(16)19)26-13-5-7-15-6-3-10-17(14-15)21(23,24)25/h1-4,6,8-12,14,20,26H,5,7,13H2. The summed E-state index contributed by atoms with van der Waals surface area (Å²) in [6, 6.07) is 19.5. The molecule has 0 fully saturated rings. The molecule has 0 heterocycles. The summed E-state index contributed by atoms with van der Waals surface area (Å²) in [6.45, 7) is 0.626. The second-order valence-electron chi connectivity index (χ2n) is 6.30. The zero-order valence-electron chi connectivity index (χ0n) is 14.3. The van der Waals surface area contributed by atoms with Crippen LogP contribution in [0, 0.1) is 0 Å². The summed E-state index contributed by atoms with van der Waals surface area (Å²) in [5, 5.41) is 5.50. The number of rotatable bonds is 6. The van der Waals surface area contributed by atoms with Crippen LogP contribution in [0.2, 0.25) is 0 Å². The van der Waals surface area contributed by atoms with Crippen molar-refractivity contribution in [3.63, 3.8) is 0 Å². The third-order valence-corrected chi connectivity index (χ3v) is 4.42. The van der Waals surface area contributed by atoms with Crippen molar-refractivity contribution in [3.8, 4) is 0 Å². The van der Waals surface area contributed by atoms with Gasteiger partial charge in [-0.25, -0.2) is 0 Å². The number of hydrogen-bond donors (Lipinski definition) is 1. The highest BCUT2D eigenvalue weighted by Crippen LogP contribution is 2.29. The molecule has 0 aliphatic rings. The van der Waals surface area contributed by atoms with Gasteiger partial charge >= 0.3 is 6.18 Å². The molecular weight excluding hydrogens is 334 g/mol. The summed E-state index contributed by atoms with van der Waals surface area (Å²) in [7, 11) is 6.26. The third kappa shape index (κ3) is 4.47. The number of alkyl halides is 3. The molecule has 26 heavy (non-hydrogen) atoms. The highest BCUT2D eigenvalue weighted by atomic mass is 19.4. The number of fused-ring (bicyclic) bond motifs is 1. The lowest BCUT2D eigenvalue weighted by atomic mass is 9.86. The normalized spacial score (nSPS) is 13.0. The molecule has 0 aliphatic carbocycles. The summed E-state index contributed by atoms with van der Waals surface area (Å²) < 4.78 is 38.2. The van der Waals surface area contributed by atoms with Crippen LogP contribution >= 0.6 is 0 Å². The van der Waals surface area contributed by atoms with Gasteiger partial charge in [-0.05, 0) is 53.3 Å². The van der Waals surface area contributed by atoms with E-state index in [1.807, 2.05) is 42.5 Å². The number of hydrogen-bond acceptors (Lipinski definition) is 1. The summed E-state index contributed by atoms with van der Waals surface area (Å²) in [4.78, 5) is 0. The van der Waals surface area contributed by atoms with Crippen LogP contribution in [0.15, 0.2) is 66.7 Å². The largest absolute Gasteiger partial charge is 0.416 e. The molecule has 3 rings (SSSR count). The van der Waals surface area contributed by atoms with E-state index in [4.69, 9.17) is 7.85 Å². The molecule has 0 bridgehead atoms. The summed E-state index contributed by atoms with van der Waals surface area (Å²) in [5.41, 5.74) is 1.10. The maximum atomic E-state index is 12.7. The summed E-state index contributed by atoms with van der Waals surface area (Å²) >= 11 is 0. The molecule has 0 amide bonds. The van der Waals surface area contributed by atoms with Crippen molar-refractivity contribution in [2.45, 2.75) is 25.0 Å². The SMILES string of the molecule is [B]C(NCCCc1cccc(C(F)(F)F)c1)c1cccc2ccccc12. The van der Waals surface area contributed by atoms with Crippen LogP contribution in [-0.2, 0) is 12.6 Å². The Hall–Kier alpha value is -2.27. The molecule has 132 valence electrons. The topological polar surface area (TPSA) is 12.0 Å². The Morgan fingerprint density at radius 2 is 1.65 bits per heavy atom. The first-order valence-electron chi connectivity index (χ1n) is 8.58. The number of aryl methyl sites for hydroxylation is 1. The molecule has 0 saturated heterocycles. The van der Waals surface area contributed by atoms with Crippen molar-refractivity contribution in [2.75, 3.05) is 6.54 Å². The van der Waals surface area contributed by atoms with Gasteiger partial charge in [-0.3, -0.25) is 0 Å². The Balaban J connectivity index is 1.57. The van der Waals surface area contributed by atoms with Crippen LogP contribution in [0.5, 0.6) is 0 Å². The predicted octanol–water partition coefficient (Wildman–Crippen LogP) is 5.25. The zero-order chi connectivity index (χ0) is 18.6. The van der Waals surface area contributed by atoms with Crippen molar-refractivity contribution in [1.29, 1.82) is 0 Å². The highest BCUT2D eigenvalue weighted by Gasteiger charge is 2.30. The monoisotopic (exact) mass is 353 g/mol. The Kier molecular flexibility index (Phi) is 5.67. The van der Waals surface area contributed by atoms with Crippen LogP contribution in [0.4, 0.5) is 13.2 Å². The van der Waals surface area contributed by atoms with E-state index in [1.54, 1.807) is 6.07 Å². The van der Waals surface area contributed by atoms with Crippen molar-refractivity contribution in [1.82, 2.24) is 5.32 Å². The van der Waals surface area contributed by atoms with Gasteiger partial charge in [-0.15, -0.1) is 0 Å². The molecule has 1 atom stereocenters. The van der Waals surface area contributed by atoms with Gasteiger partial charge < -0.3 is 5.32 Å². The Bertz CT molecular complexity index is 871. The fourth-order valence-electron chi connectivity index (χ4n) is 3.08. The lowest BCUT2D eigenvalue weighted by Gasteiger charge is -2.17. The summed E-state index contributed by atoms with van der Waals surface area (Å²) in [6.07, 6.45) is -3.02. The molecule has 3 aromatic rings. The van der Waals surface area contributed by atoms with Gasteiger partial charge in [0.1, 0.15) is 0 Å². The van der Waals surface area contributed by atoms with Crippen LogP contribution in [0.3, 0.4) is 0 Å². The van der Waals surface area contributed by atoms with E-state index in [0.29, 0.717) is 24.9 Å². The minimum absolute atomic E-state index is 0.317. The van der Waals surface area contributed by atoms with Crippen LogP contribution in [0.1, 0.15) is 29.1 Å². The van der Waals surface area contributed by atoms with Crippen LogP contribution < -0.4 is 5.32 Å². The fraction of sp³-hybridized carbons (Fsp3) is 0.238. The number of nitrogens with one attached hydrogen (secondary N) is 1. The van der Waals surface area contributed by atoms with Crippen molar-refractivity contribution in [3.05, 3.63) is 83.4 Å². The first kappa shape index (κ1) is 18.5. The molecule has 1 unspecified atom stereocenters. The van der Waals surface area contributed by atoms with Crippen LogP contribution in [-0.4, -0.2) is 14.4 Å². The minimum Gasteiger partial charge on any atom is -0.318 e. The molecule has 1 nitrogen and oxygen atoms in total. The van der Waals surface area contributed by atoms with Gasteiger partial charge in [-0.2, -0.15) is 13.2 Å². The Morgan fingerprint density at radius 1 is 0.923 bits per heavy atom. The van der Waals surface area contributed by atoms with E-state index in [-0.39, 0.29) is 5.94 Å². The zero-order valence-corrected chi connectivity index (χ0v) is 14.3. The van der Waals surface area contributed by atoms with E-state index in [2.05, 4.69) is 5.32 Å². The first-order valence-corrected chi connectivity index (χ1v) is 8.58. The maximum absolute atomic E-state index is 12.7. The molecule has 5 heteroatoms. The number of benzene rings is 3. The van der Waals surface area contributed by atoms with Crippen molar-refractivity contribution < 1.29 is 13.2 Å². The number of halogens is 3. The molecule has 0 aromatic heterocycles. The quantitative estimate of drug-likeness (QED) is 0.472.